The molecule has 0 unspecified atom stereocenters. The van der Waals surface area contributed by atoms with Crippen LogP contribution in [0.3, 0.4) is 0 Å². The Bertz CT molecular complexity index is 744. The first-order valence-corrected chi connectivity index (χ1v) is 6.71. The Labute approximate surface area is 118 Å². The van der Waals surface area contributed by atoms with E-state index in [2.05, 4.69) is 15.9 Å². The molecule has 0 aromatic carbocycles. The highest BCUT2D eigenvalue weighted by atomic mass is 16.1. The lowest BCUT2D eigenvalue weighted by molar-refractivity contribution is 0.440. The first-order valence-electron chi connectivity index (χ1n) is 6.71. The van der Waals surface area contributed by atoms with E-state index in [0.717, 1.165) is 25.5 Å². The van der Waals surface area contributed by atoms with Crippen molar-refractivity contribution in [3.8, 4) is 5.97 Å². The van der Waals surface area contributed by atoms with E-state index < -0.39 is 0 Å². The van der Waals surface area contributed by atoms with Crippen LogP contribution in [0.1, 0.15) is 18.9 Å². The lowest BCUT2D eigenvalue weighted by Crippen LogP contribution is -2.30. The summed E-state index contributed by atoms with van der Waals surface area (Å²) in [4.78, 5) is 20.8. The fourth-order valence-electron chi connectivity index (χ4n) is 2.77. The van der Waals surface area contributed by atoms with Crippen LogP contribution in [0.15, 0.2) is 23.4 Å². The molecule has 3 rings (SSSR count). The van der Waals surface area contributed by atoms with E-state index in [1.165, 1.54) is 6.20 Å². The Morgan fingerprint density at radius 1 is 1.40 bits per heavy atom. The van der Waals surface area contributed by atoms with Gasteiger partial charge in [0.1, 0.15) is 7.85 Å². The molecule has 1 aliphatic heterocycles. The minimum atomic E-state index is -0.129. The van der Waals surface area contributed by atoms with Gasteiger partial charge >= 0.3 is 0 Å². The van der Waals surface area contributed by atoms with Crippen LogP contribution in [0.4, 0.5) is 0 Å². The average Bonchev–Trinajstić information content (AvgIpc) is 2.48. The quantitative estimate of drug-likeness (QED) is 0.700. The summed E-state index contributed by atoms with van der Waals surface area (Å²) in [6.07, 6.45) is 6.38. The van der Waals surface area contributed by atoms with E-state index in [4.69, 9.17) is 13.1 Å². The lowest BCUT2D eigenvalue weighted by atomic mass is 9.42. The molecule has 2 aromatic heterocycles. The number of nitriles is 1. The first-order chi connectivity index (χ1) is 9.69. The highest BCUT2D eigenvalue weighted by Crippen LogP contribution is 2.27. The predicted octanol–water partition coefficient (Wildman–Crippen LogP) is 0.478. The van der Waals surface area contributed by atoms with E-state index in [9.17, 15) is 4.79 Å². The van der Waals surface area contributed by atoms with Crippen molar-refractivity contribution in [3.63, 3.8) is 0 Å². The number of pyridine rings is 1. The van der Waals surface area contributed by atoms with Gasteiger partial charge in [0.25, 0.3) is 12.3 Å². The summed E-state index contributed by atoms with van der Waals surface area (Å²) >= 11 is 0. The van der Waals surface area contributed by atoms with Crippen LogP contribution < -0.4 is 11.0 Å². The van der Waals surface area contributed by atoms with Gasteiger partial charge in [0, 0.05) is 18.2 Å². The molecule has 0 atom stereocenters. The zero-order valence-electron chi connectivity index (χ0n) is 11.0. The minimum absolute atomic E-state index is 0.114. The van der Waals surface area contributed by atoms with Gasteiger partial charge in [-0.1, -0.05) is 18.1 Å². The van der Waals surface area contributed by atoms with Gasteiger partial charge in [-0.3, -0.25) is 9.36 Å². The fraction of sp³-hybridized carbons (Fsp3) is 0.385. The lowest BCUT2D eigenvalue weighted by Gasteiger charge is -2.24. The minimum Gasteiger partial charge on any atom is -0.294 e. The summed E-state index contributed by atoms with van der Waals surface area (Å²) in [6.45, 7) is 0.119. The molecule has 3 heterocycles. The van der Waals surface area contributed by atoms with Crippen molar-refractivity contribution in [3.05, 3.63) is 28.9 Å². The smallest absolute Gasteiger partial charge is 0.280 e. The van der Waals surface area contributed by atoms with Gasteiger partial charge in [0.15, 0.2) is 5.52 Å². The molecular weight excluding hydrogens is 250 g/mol. The van der Waals surface area contributed by atoms with Crippen LogP contribution in [0.2, 0.25) is 12.6 Å². The Morgan fingerprint density at radius 3 is 2.85 bits per heavy atom. The summed E-state index contributed by atoms with van der Waals surface area (Å²) in [7, 11) is 5.64. The predicted molar refractivity (Wildman–Crippen MR) is 78.4 cm³/mol. The van der Waals surface area contributed by atoms with Crippen molar-refractivity contribution >= 4 is 31.1 Å². The molecule has 1 aliphatic rings. The number of hydrogen-bond donors (Lipinski definition) is 0. The SMILES string of the molecule is [B]c1cnc2c(=O)n(C3CCB(C#N)CC3)cnc2c1. The van der Waals surface area contributed by atoms with Crippen molar-refractivity contribution in [2.45, 2.75) is 31.5 Å². The summed E-state index contributed by atoms with van der Waals surface area (Å²) < 4.78 is 1.65. The number of nitrogens with zero attached hydrogens (tertiary/aromatic N) is 4. The van der Waals surface area contributed by atoms with Crippen molar-refractivity contribution < 1.29 is 0 Å². The molecule has 0 aliphatic carbocycles. The molecule has 1 fully saturated rings. The van der Waals surface area contributed by atoms with Gasteiger partial charge < -0.3 is 0 Å². The Kier molecular flexibility index (Phi) is 3.31. The Balaban J connectivity index is 1.97. The first kappa shape index (κ1) is 12.9. The van der Waals surface area contributed by atoms with Crippen molar-refractivity contribution in [2.75, 3.05) is 0 Å². The topological polar surface area (TPSA) is 71.6 Å². The van der Waals surface area contributed by atoms with Crippen LogP contribution in [-0.2, 0) is 0 Å². The molecule has 0 N–H and O–H groups in total. The van der Waals surface area contributed by atoms with Crippen LogP contribution in [0.25, 0.3) is 11.0 Å². The molecule has 1 saturated heterocycles. The molecule has 0 amide bonds. The van der Waals surface area contributed by atoms with Crippen molar-refractivity contribution in [1.82, 2.24) is 14.5 Å². The van der Waals surface area contributed by atoms with E-state index >= 15 is 0 Å². The monoisotopic (exact) mass is 262 g/mol. The number of fused-ring (bicyclic) bond motifs is 1. The number of hydrogen-bond acceptors (Lipinski definition) is 4. The van der Waals surface area contributed by atoms with Gasteiger partial charge in [0.2, 0.25) is 0 Å². The molecular formula is C13H12B2N4O. The van der Waals surface area contributed by atoms with Crippen LogP contribution >= 0.6 is 0 Å². The molecule has 7 heteroatoms. The van der Waals surface area contributed by atoms with Gasteiger partial charge in [-0.05, 0) is 18.9 Å². The van der Waals surface area contributed by atoms with Crippen LogP contribution in [0, 0.1) is 11.2 Å². The maximum absolute atomic E-state index is 12.4. The second kappa shape index (κ2) is 5.12. The van der Waals surface area contributed by atoms with Gasteiger partial charge in [-0.25, -0.2) is 15.2 Å². The van der Waals surface area contributed by atoms with E-state index in [1.807, 2.05) is 0 Å². The number of aromatic nitrogens is 3. The van der Waals surface area contributed by atoms with E-state index in [1.54, 1.807) is 17.0 Å². The van der Waals surface area contributed by atoms with Crippen LogP contribution in [0.5, 0.6) is 0 Å². The molecule has 96 valence electrons. The average molecular weight is 262 g/mol. The third kappa shape index (κ3) is 2.22. The molecule has 20 heavy (non-hydrogen) atoms. The largest absolute Gasteiger partial charge is 0.294 e. The van der Waals surface area contributed by atoms with Gasteiger partial charge in [0.05, 0.1) is 11.8 Å². The molecule has 0 saturated carbocycles. The maximum Gasteiger partial charge on any atom is 0.280 e. The van der Waals surface area contributed by atoms with Crippen molar-refractivity contribution in [2.24, 2.45) is 0 Å². The standard InChI is InChI=1S/C13H12B2N4O/c14-9-5-11-12(17-6-9)13(20)19(8-18-11)10-1-3-15(7-16)4-2-10/h5-6,8,10H,1-4H2. The van der Waals surface area contributed by atoms with Crippen LogP contribution in [-0.4, -0.2) is 29.1 Å². The summed E-state index contributed by atoms with van der Waals surface area (Å²) in [5, 5.41) is 8.92. The van der Waals surface area contributed by atoms with Crippen molar-refractivity contribution in [1.29, 1.82) is 5.26 Å². The number of rotatable bonds is 1. The third-order valence-electron chi connectivity index (χ3n) is 3.92. The maximum atomic E-state index is 12.4. The Hall–Kier alpha value is -2.09. The van der Waals surface area contributed by atoms with Gasteiger partial charge in [-0.2, -0.15) is 0 Å². The van der Waals surface area contributed by atoms with E-state index in [0.29, 0.717) is 16.5 Å². The van der Waals surface area contributed by atoms with E-state index in [-0.39, 0.29) is 18.3 Å². The molecule has 2 radical (unpaired) electrons. The Morgan fingerprint density at radius 2 is 2.15 bits per heavy atom. The molecule has 0 spiro atoms. The summed E-state index contributed by atoms with van der Waals surface area (Å²) in [5.41, 5.74) is 1.24. The molecule has 0 bridgehead atoms. The normalized spacial score (nSPS) is 16.2. The highest BCUT2D eigenvalue weighted by molar-refractivity contribution is 6.67. The molecule has 2 aromatic rings. The second-order valence-electron chi connectivity index (χ2n) is 5.23. The highest BCUT2D eigenvalue weighted by Gasteiger charge is 2.26. The third-order valence-corrected chi connectivity index (χ3v) is 3.92. The summed E-state index contributed by atoms with van der Waals surface area (Å²) in [5.74, 6) is 2.30. The zero-order valence-corrected chi connectivity index (χ0v) is 11.0. The molecule has 5 nitrogen and oxygen atoms in total. The van der Waals surface area contributed by atoms with Gasteiger partial charge in [-0.15, -0.1) is 0 Å². The zero-order chi connectivity index (χ0) is 14.1. The second-order valence-corrected chi connectivity index (χ2v) is 5.23. The summed E-state index contributed by atoms with van der Waals surface area (Å²) in [6, 6.07) is 1.77. The fourth-order valence-corrected chi connectivity index (χ4v) is 2.77.